The second-order valence-electron chi connectivity index (χ2n) is 4.81. The van der Waals surface area contributed by atoms with E-state index in [1.807, 2.05) is 0 Å². The molecule has 0 spiro atoms. The Labute approximate surface area is 150 Å². The number of nitrogens with one attached hydrogen (secondary N) is 1. The van der Waals surface area contributed by atoms with E-state index in [4.69, 9.17) is 23.2 Å². The van der Waals surface area contributed by atoms with E-state index in [2.05, 4.69) is 20.5 Å². The van der Waals surface area contributed by atoms with Crippen LogP contribution in [-0.2, 0) is 6.67 Å². The average Bonchev–Trinajstić information content (AvgIpc) is 3.21. The van der Waals surface area contributed by atoms with Gasteiger partial charge in [-0.1, -0.05) is 28.2 Å². The molecule has 1 aromatic carbocycles. The number of carbonyl (C=O) groups is 1. The number of anilines is 1. The van der Waals surface area contributed by atoms with Gasteiger partial charge in [0.25, 0.3) is 5.91 Å². The zero-order valence-electron chi connectivity index (χ0n) is 12.3. The second kappa shape index (κ2) is 6.87. The highest BCUT2D eigenvalue weighted by Crippen LogP contribution is 2.25. The predicted octanol–water partition coefficient (Wildman–Crippen LogP) is 2.45. The van der Waals surface area contributed by atoms with Gasteiger partial charge in [-0.05, 0) is 29.2 Å². The maximum absolute atomic E-state index is 12.2. The number of benzene rings is 1. The van der Waals surface area contributed by atoms with Crippen molar-refractivity contribution in [2.24, 2.45) is 0 Å². The average molecular weight is 382 g/mol. The van der Waals surface area contributed by atoms with Crippen molar-refractivity contribution in [3.63, 3.8) is 0 Å². The Balaban J connectivity index is 1.68. The number of amides is 1. The molecule has 1 N–H and O–H groups in total. The number of hydrogen-bond donors (Lipinski definition) is 1. The van der Waals surface area contributed by atoms with Gasteiger partial charge in [0.15, 0.2) is 12.4 Å². The van der Waals surface area contributed by atoms with Gasteiger partial charge in [-0.3, -0.25) is 4.79 Å². The van der Waals surface area contributed by atoms with Crippen LogP contribution in [0.2, 0.25) is 10.0 Å². The maximum atomic E-state index is 12.2. The molecular weight excluding hydrogens is 373 g/mol. The van der Waals surface area contributed by atoms with Crippen molar-refractivity contribution >= 4 is 40.7 Å². The SMILES string of the molecule is O=C(Nc1ccc(Cl)c(Cl)c1)c1ccn(Cn2cnc([N+](=O)[O-])n2)n1. The van der Waals surface area contributed by atoms with Gasteiger partial charge in [-0.15, -0.1) is 0 Å². The molecule has 0 aliphatic heterocycles. The zero-order chi connectivity index (χ0) is 18.0. The van der Waals surface area contributed by atoms with Crippen LogP contribution < -0.4 is 5.32 Å². The molecule has 3 rings (SSSR count). The van der Waals surface area contributed by atoms with Crippen molar-refractivity contribution in [3.8, 4) is 0 Å². The summed E-state index contributed by atoms with van der Waals surface area (Å²) in [6.07, 6.45) is 2.74. The lowest BCUT2D eigenvalue weighted by Gasteiger charge is -2.04. The zero-order valence-corrected chi connectivity index (χ0v) is 13.8. The Bertz CT molecular complexity index is 953. The van der Waals surface area contributed by atoms with E-state index in [0.717, 1.165) is 0 Å². The van der Waals surface area contributed by atoms with E-state index >= 15 is 0 Å². The first kappa shape index (κ1) is 16.9. The number of aromatic nitrogens is 5. The quantitative estimate of drug-likeness (QED) is 0.535. The van der Waals surface area contributed by atoms with Crippen LogP contribution in [0.15, 0.2) is 36.8 Å². The third-order valence-corrected chi connectivity index (χ3v) is 3.77. The molecule has 2 heterocycles. The van der Waals surface area contributed by atoms with Gasteiger partial charge in [0.2, 0.25) is 6.33 Å². The standard InChI is InChI=1S/C13H9Cl2N7O3/c14-9-2-1-8(5-10(9)15)17-12(23)11-3-4-20(18-11)7-21-6-16-13(19-21)22(24)25/h1-6H,7H2,(H,17,23). The largest absolute Gasteiger partial charge is 0.491 e. The molecule has 0 unspecified atom stereocenters. The highest BCUT2D eigenvalue weighted by molar-refractivity contribution is 6.42. The minimum absolute atomic E-state index is 0.0703. The lowest BCUT2D eigenvalue weighted by atomic mass is 10.3. The molecule has 25 heavy (non-hydrogen) atoms. The smallest absolute Gasteiger partial charge is 0.390 e. The Morgan fingerprint density at radius 1 is 1.20 bits per heavy atom. The van der Waals surface area contributed by atoms with E-state index in [9.17, 15) is 14.9 Å². The van der Waals surface area contributed by atoms with Gasteiger partial charge < -0.3 is 15.4 Å². The first-order chi connectivity index (χ1) is 11.9. The van der Waals surface area contributed by atoms with Crippen molar-refractivity contribution in [1.29, 1.82) is 0 Å². The summed E-state index contributed by atoms with van der Waals surface area (Å²) in [5.74, 6) is -0.952. The highest BCUT2D eigenvalue weighted by atomic mass is 35.5. The van der Waals surface area contributed by atoms with E-state index in [1.165, 1.54) is 34.0 Å². The van der Waals surface area contributed by atoms with E-state index in [1.54, 1.807) is 12.1 Å². The first-order valence-corrected chi connectivity index (χ1v) is 7.51. The number of rotatable bonds is 5. The molecule has 0 atom stereocenters. The molecule has 3 aromatic rings. The first-order valence-electron chi connectivity index (χ1n) is 6.76. The van der Waals surface area contributed by atoms with Crippen molar-refractivity contribution in [2.75, 3.05) is 5.32 Å². The lowest BCUT2D eigenvalue weighted by Crippen LogP contribution is -2.15. The lowest BCUT2D eigenvalue weighted by molar-refractivity contribution is -0.394. The summed E-state index contributed by atoms with van der Waals surface area (Å²) in [5.41, 5.74) is 0.626. The fourth-order valence-electron chi connectivity index (χ4n) is 1.92. The molecule has 1 amide bonds. The molecule has 0 saturated carbocycles. The third kappa shape index (κ3) is 3.92. The molecule has 10 nitrogen and oxygen atoms in total. The molecule has 128 valence electrons. The number of halogens is 2. The molecule has 0 saturated heterocycles. The monoisotopic (exact) mass is 381 g/mol. The van der Waals surface area contributed by atoms with Crippen LogP contribution in [0.5, 0.6) is 0 Å². The fourth-order valence-corrected chi connectivity index (χ4v) is 2.21. The van der Waals surface area contributed by atoms with Gasteiger partial charge >= 0.3 is 5.95 Å². The predicted molar refractivity (Wildman–Crippen MR) is 88.7 cm³/mol. The van der Waals surface area contributed by atoms with E-state index in [-0.39, 0.29) is 12.4 Å². The minimum atomic E-state index is -0.699. The number of nitrogens with zero attached hydrogens (tertiary/aromatic N) is 6. The number of nitro groups is 1. The molecule has 12 heteroatoms. The fraction of sp³-hybridized carbons (Fsp3) is 0.0769. The van der Waals surface area contributed by atoms with Gasteiger partial charge in [0, 0.05) is 17.0 Å². The Morgan fingerprint density at radius 3 is 2.68 bits per heavy atom. The van der Waals surface area contributed by atoms with Crippen LogP contribution in [0, 0.1) is 10.1 Å². The minimum Gasteiger partial charge on any atom is -0.390 e. The van der Waals surface area contributed by atoms with Crippen molar-refractivity contribution in [1.82, 2.24) is 24.5 Å². The second-order valence-corrected chi connectivity index (χ2v) is 5.62. The van der Waals surface area contributed by atoms with Crippen molar-refractivity contribution < 1.29 is 9.72 Å². The summed E-state index contributed by atoms with van der Waals surface area (Å²) in [6, 6.07) is 6.19. The van der Waals surface area contributed by atoms with Crippen LogP contribution in [0.1, 0.15) is 10.5 Å². The summed E-state index contributed by atoms with van der Waals surface area (Å²) in [5, 5.41) is 21.6. The van der Waals surface area contributed by atoms with Crippen LogP contribution in [0.4, 0.5) is 11.6 Å². The molecule has 2 aromatic heterocycles. The van der Waals surface area contributed by atoms with Gasteiger partial charge in [0.05, 0.1) is 10.0 Å². The molecule has 0 aliphatic carbocycles. The van der Waals surface area contributed by atoms with Crippen LogP contribution >= 0.6 is 23.2 Å². The highest BCUT2D eigenvalue weighted by Gasteiger charge is 2.15. The van der Waals surface area contributed by atoms with Crippen molar-refractivity contribution in [3.05, 3.63) is 62.6 Å². The summed E-state index contributed by atoms with van der Waals surface area (Å²) in [6.45, 7) is 0.0703. The summed E-state index contributed by atoms with van der Waals surface area (Å²) in [7, 11) is 0. The Hall–Kier alpha value is -2.98. The summed E-state index contributed by atoms with van der Waals surface area (Å²) < 4.78 is 2.62. The van der Waals surface area contributed by atoms with Crippen LogP contribution in [-0.4, -0.2) is 35.4 Å². The normalized spacial score (nSPS) is 10.6. The van der Waals surface area contributed by atoms with Crippen LogP contribution in [0.3, 0.4) is 0 Å². The van der Waals surface area contributed by atoms with Gasteiger partial charge in [-0.25, -0.2) is 4.68 Å². The summed E-state index contributed by atoms with van der Waals surface area (Å²) >= 11 is 11.7. The molecule has 0 aliphatic rings. The molecular formula is C13H9Cl2N7O3. The van der Waals surface area contributed by atoms with Crippen LogP contribution in [0.25, 0.3) is 0 Å². The van der Waals surface area contributed by atoms with Gasteiger partial charge in [-0.2, -0.15) is 9.78 Å². The summed E-state index contributed by atoms with van der Waals surface area (Å²) in [4.78, 5) is 25.6. The number of hydrogen-bond acceptors (Lipinski definition) is 6. The maximum Gasteiger partial charge on any atom is 0.491 e. The Kier molecular flexibility index (Phi) is 4.63. The van der Waals surface area contributed by atoms with Gasteiger partial charge in [0.1, 0.15) is 0 Å². The number of carbonyl (C=O) groups excluding carboxylic acids is 1. The third-order valence-electron chi connectivity index (χ3n) is 3.03. The van der Waals surface area contributed by atoms with Crippen molar-refractivity contribution in [2.45, 2.75) is 6.67 Å². The topological polar surface area (TPSA) is 121 Å². The Morgan fingerprint density at radius 2 is 2.00 bits per heavy atom. The molecule has 0 bridgehead atoms. The van der Waals surface area contributed by atoms with E-state index in [0.29, 0.717) is 15.7 Å². The van der Waals surface area contributed by atoms with E-state index < -0.39 is 16.8 Å². The molecule has 0 fully saturated rings. The molecule has 0 radical (unpaired) electrons.